The lowest BCUT2D eigenvalue weighted by Crippen LogP contribution is -2.26. The van der Waals surface area contributed by atoms with Crippen molar-refractivity contribution in [3.63, 3.8) is 0 Å². The van der Waals surface area contributed by atoms with Crippen molar-refractivity contribution in [3.8, 4) is 23.0 Å². The van der Waals surface area contributed by atoms with Gasteiger partial charge in [-0.3, -0.25) is 19.2 Å². The van der Waals surface area contributed by atoms with Crippen molar-refractivity contribution >= 4 is 47.8 Å². The summed E-state index contributed by atoms with van der Waals surface area (Å²) in [4.78, 5) is 121. The van der Waals surface area contributed by atoms with Crippen molar-refractivity contribution in [2.24, 2.45) is 11.8 Å². The molecule has 72 heavy (non-hydrogen) atoms. The summed E-state index contributed by atoms with van der Waals surface area (Å²) >= 11 is 0. The summed E-state index contributed by atoms with van der Waals surface area (Å²) < 4.78 is 33.9. The van der Waals surface area contributed by atoms with Crippen LogP contribution in [0.1, 0.15) is 181 Å². The number of benzene rings is 4. The average Bonchev–Trinajstić information content (AvgIpc) is 3.41. The van der Waals surface area contributed by atoms with Gasteiger partial charge in [0.05, 0.1) is 34.1 Å². The smallest absolute Gasteiger partial charge is 0.431 e. The van der Waals surface area contributed by atoms with E-state index in [2.05, 4.69) is 0 Å². The second-order valence-electron chi connectivity index (χ2n) is 18.7. The predicted molar refractivity (Wildman–Crippen MR) is 256 cm³/mol. The molecule has 4 aliphatic rings. The Bertz CT molecular complexity index is 2460. The average molecular weight is 987 g/mol. The summed E-state index contributed by atoms with van der Waals surface area (Å²) in [5.41, 5.74) is -1.71. The fourth-order valence-corrected chi connectivity index (χ4v) is 9.83. The molecule has 0 heterocycles. The van der Waals surface area contributed by atoms with Crippen LogP contribution < -0.4 is 18.9 Å². The number of carbonyl (C=O) groups is 8. The fourth-order valence-electron chi connectivity index (χ4n) is 9.83. The number of ketones is 2. The first-order valence-corrected chi connectivity index (χ1v) is 25.2. The molecule has 16 heteroatoms. The van der Waals surface area contributed by atoms with Crippen molar-refractivity contribution < 1.29 is 76.6 Å². The largest absolute Gasteiger partial charge is 0.514 e. The Morgan fingerprint density at radius 1 is 0.333 bits per heavy atom. The molecule has 0 radical (unpaired) electrons. The molecule has 378 valence electrons. The third-order valence-electron chi connectivity index (χ3n) is 13.7. The van der Waals surface area contributed by atoms with Gasteiger partial charge in [-0.05, 0) is 126 Å². The highest BCUT2D eigenvalue weighted by atomic mass is 17.2. The molecule has 0 unspecified atom stereocenters. The summed E-state index contributed by atoms with van der Waals surface area (Å²) in [7, 11) is 0. The fraction of sp³-hybridized carbons (Fsp3) is 0.429. The van der Waals surface area contributed by atoms with Crippen LogP contribution >= 0.6 is 0 Å². The van der Waals surface area contributed by atoms with Gasteiger partial charge in [0.1, 0.15) is 34.8 Å². The third kappa shape index (κ3) is 12.9. The van der Waals surface area contributed by atoms with Gasteiger partial charge in [-0.1, -0.05) is 87.8 Å². The third-order valence-corrected chi connectivity index (χ3v) is 13.7. The Kier molecular flexibility index (Phi) is 17.5. The SMILES string of the molecule is O=C(Oc1ccccc1C(=O)c1cccc(C(=O)OOC(=O)c2cccc(C(=O)c3ccccc3OC(=O)OC3CCCCC3)c2OC(=O)C2CCCCC2)c1OC(=O)C1CCCCC1)OC1CCCCC1. The van der Waals surface area contributed by atoms with Crippen LogP contribution in [0.5, 0.6) is 23.0 Å². The van der Waals surface area contributed by atoms with Gasteiger partial charge in [0.2, 0.25) is 11.6 Å². The zero-order chi connectivity index (χ0) is 50.4. The van der Waals surface area contributed by atoms with Crippen molar-refractivity contribution in [2.75, 3.05) is 0 Å². The molecular weight excluding hydrogens is 929 g/mol. The molecule has 0 amide bonds. The van der Waals surface area contributed by atoms with E-state index in [0.717, 1.165) is 77.0 Å². The van der Waals surface area contributed by atoms with Crippen molar-refractivity contribution in [3.05, 3.63) is 118 Å². The van der Waals surface area contributed by atoms with Crippen LogP contribution in [-0.2, 0) is 28.8 Å². The van der Waals surface area contributed by atoms with Gasteiger partial charge in [0.25, 0.3) is 0 Å². The van der Waals surface area contributed by atoms with Crippen molar-refractivity contribution in [1.82, 2.24) is 0 Å². The minimum atomic E-state index is -1.36. The summed E-state index contributed by atoms with van der Waals surface area (Å²) in [5.74, 6) is -7.99. The lowest BCUT2D eigenvalue weighted by atomic mass is 9.89. The second kappa shape index (κ2) is 24.7. The molecule has 4 saturated carbocycles. The van der Waals surface area contributed by atoms with Gasteiger partial charge in [0.15, 0.2) is 11.5 Å². The molecule has 0 spiro atoms. The van der Waals surface area contributed by atoms with Crippen LogP contribution in [0, 0.1) is 11.8 Å². The number of hydrogen-bond acceptors (Lipinski definition) is 16. The molecule has 4 aromatic rings. The summed E-state index contributed by atoms with van der Waals surface area (Å²) in [5, 5.41) is 0. The molecule has 0 saturated heterocycles. The van der Waals surface area contributed by atoms with E-state index in [0.29, 0.717) is 51.4 Å². The molecule has 16 nitrogen and oxygen atoms in total. The van der Waals surface area contributed by atoms with Crippen LogP contribution in [0.4, 0.5) is 9.59 Å². The van der Waals surface area contributed by atoms with Gasteiger partial charge >= 0.3 is 36.2 Å². The Labute approximate surface area is 416 Å². The molecule has 0 atom stereocenters. The van der Waals surface area contributed by atoms with E-state index in [1.54, 1.807) is 24.3 Å². The Balaban J connectivity index is 1.06. The maximum absolute atomic E-state index is 14.5. The van der Waals surface area contributed by atoms with Crippen molar-refractivity contribution in [1.29, 1.82) is 0 Å². The number of rotatable bonds is 14. The van der Waals surface area contributed by atoms with Gasteiger partial charge in [-0.25, -0.2) is 29.0 Å². The van der Waals surface area contributed by atoms with Gasteiger partial charge in [-0.2, -0.15) is 0 Å². The number of ether oxygens (including phenoxy) is 6. The summed E-state index contributed by atoms with van der Waals surface area (Å²) in [6, 6.07) is 19.6. The summed E-state index contributed by atoms with van der Waals surface area (Å²) in [6.07, 6.45) is 12.9. The van der Waals surface area contributed by atoms with Gasteiger partial charge < -0.3 is 28.4 Å². The highest BCUT2D eigenvalue weighted by molar-refractivity contribution is 6.15. The number of hydrogen-bond donors (Lipinski definition) is 0. The van der Waals surface area contributed by atoms with Crippen LogP contribution in [0.2, 0.25) is 0 Å². The molecule has 0 N–H and O–H groups in total. The van der Waals surface area contributed by atoms with E-state index in [1.807, 2.05) is 0 Å². The number of carbonyl (C=O) groups excluding carboxylic acids is 8. The predicted octanol–water partition coefficient (Wildman–Crippen LogP) is 11.7. The second-order valence-corrected chi connectivity index (χ2v) is 18.7. The summed E-state index contributed by atoms with van der Waals surface area (Å²) in [6.45, 7) is 0. The highest BCUT2D eigenvalue weighted by Gasteiger charge is 2.34. The van der Waals surface area contributed by atoms with E-state index in [9.17, 15) is 38.4 Å². The Morgan fingerprint density at radius 3 is 1.03 bits per heavy atom. The van der Waals surface area contributed by atoms with E-state index < -0.39 is 82.2 Å². The first-order valence-electron chi connectivity index (χ1n) is 25.2. The molecule has 0 aromatic heterocycles. The monoisotopic (exact) mass is 986 g/mol. The maximum atomic E-state index is 14.5. The van der Waals surface area contributed by atoms with E-state index in [-0.39, 0.29) is 46.0 Å². The minimum absolute atomic E-state index is 0.108. The maximum Gasteiger partial charge on any atom is 0.514 e. The Hall–Kier alpha value is -7.36. The van der Waals surface area contributed by atoms with Crippen LogP contribution in [-0.4, -0.2) is 60.0 Å². The highest BCUT2D eigenvalue weighted by Crippen LogP contribution is 2.36. The lowest BCUT2D eigenvalue weighted by molar-refractivity contribution is -0.187. The van der Waals surface area contributed by atoms with Gasteiger partial charge in [0, 0.05) is 0 Å². The molecule has 4 fully saturated rings. The van der Waals surface area contributed by atoms with E-state index >= 15 is 0 Å². The van der Waals surface area contributed by atoms with E-state index in [4.69, 9.17) is 38.2 Å². The molecule has 4 aromatic carbocycles. The standard InChI is InChI=1S/C56H58O16/c57-47(39-27-13-15-33-45(39)67-55(63)65-37-23-9-3-10-24-37)41-29-17-31-43(49(41)69-51(59)35-19-5-1-6-20-35)53(61)71-72-54(62)44-32-18-30-42(50(44)70-52(60)36-21-7-2-8-22-36)48(58)40-28-14-16-34-46(40)68-56(64)66-38-25-11-4-12-26-38/h13-18,27-38H,1-12,19-26H2. The quantitative estimate of drug-likeness (QED) is 0.0287. The topological polar surface area (TPSA) is 210 Å². The molecular formula is C56H58O16. The van der Waals surface area contributed by atoms with Crippen LogP contribution in [0.25, 0.3) is 0 Å². The van der Waals surface area contributed by atoms with Crippen LogP contribution in [0.15, 0.2) is 84.9 Å². The van der Waals surface area contributed by atoms with Gasteiger partial charge in [-0.15, -0.1) is 0 Å². The first-order chi connectivity index (χ1) is 35.0. The normalized spacial score (nSPS) is 16.8. The molecule has 0 aliphatic heterocycles. The lowest BCUT2D eigenvalue weighted by Gasteiger charge is -2.22. The zero-order valence-corrected chi connectivity index (χ0v) is 40.1. The van der Waals surface area contributed by atoms with E-state index in [1.165, 1.54) is 60.7 Å². The molecule has 8 rings (SSSR count). The minimum Gasteiger partial charge on any atom is -0.431 e. The van der Waals surface area contributed by atoms with Crippen molar-refractivity contribution in [2.45, 2.75) is 141 Å². The first kappa shape index (κ1) is 51.0. The van der Waals surface area contributed by atoms with Crippen LogP contribution in [0.3, 0.4) is 0 Å². The number of esters is 2. The Morgan fingerprint density at radius 2 is 0.653 bits per heavy atom. The molecule has 4 aliphatic carbocycles. The number of para-hydroxylation sites is 4. The molecule has 0 bridgehead atoms. The zero-order valence-electron chi connectivity index (χ0n) is 40.1.